The molecule has 1 N–H and O–H groups in total. The summed E-state index contributed by atoms with van der Waals surface area (Å²) in [4.78, 5) is 26.8. The first-order chi connectivity index (χ1) is 12.1. The number of hydrogen-bond donors (Lipinski definition) is 1. The van der Waals surface area contributed by atoms with Crippen LogP contribution in [0.2, 0.25) is 0 Å². The third-order valence-electron chi connectivity index (χ3n) is 5.29. The summed E-state index contributed by atoms with van der Waals surface area (Å²) in [7, 11) is 0. The van der Waals surface area contributed by atoms with Crippen LogP contribution in [0, 0.1) is 17.2 Å². The Hall–Kier alpha value is -2.69. The highest BCUT2D eigenvalue weighted by Crippen LogP contribution is 2.58. The Morgan fingerprint density at radius 1 is 1.12 bits per heavy atom. The Bertz CT molecular complexity index is 823. The fraction of sp³-hybridized carbons (Fsp3) is 0.300. The molecule has 2 aliphatic rings. The molecule has 1 saturated heterocycles. The molecular weight excluding hydrogens is 319 g/mol. The highest BCUT2D eigenvalue weighted by atomic mass is 19.1. The number of anilines is 1. The molecule has 2 aromatic rings. The molecule has 1 saturated carbocycles. The Labute approximate surface area is 145 Å². The van der Waals surface area contributed by atoms with Crippen molar-refractivity contribution in [2.45, 2.75) is 12.8 Å². The molecule has 0 radical (unpaired) electrons. The maximum absolute atomic E-state index is 13.2. The predicted octanol–water partition coefficient (Wildman–Crippen LogP) is 3.32. The zero-order valence-corrected chi connectivity index (χ0v) is 13.7. The Morgan fingerprint density at radius 2 is 1.92 bits per heavy atom. The van der Waals surface area contributed by atoms with Crippen LogP contribution in [0.15, 0.2) is 54.6 Å². The first-order valence-electron chi connectivity index (χ1n) is 8.48. The monoisotopic (exact) mass is 338 g/mol. The molecule has 5 heteroatoms. The van der Waals surface area contributed by atoms with Gasteiger partial charge in [-0.2, -0.15) is 0 Å². The zero-order chi connectivity index (χ0) is 17.4. The first-order valence-corrected chi connectivity index (χ1v) is 8.48. The number of likely N-dealkylation sites (tertiary alicyclic amines) is 1. The highest BCUT2D eigenvalue weighted by Gasteiger charge is 2.61. The summed E-state index contributed by atoms with van der Waals surface area (Å²) in [6, 6.07) is 15.1. The number of rotatable bonds is 3. The molecule has 2 aromatic carbocycles. The summed E-state index contributed by atoms with van der Waals surface area (Å²) in [6.07, 6.45) is 1.62. The molecule has 1 aliphatic heterocycles. The van der Waals surface area contributed by atoms with Crippen molar-refractivity contribution in [3.63, 3.8) is 0 Å². The highest BCUT2D eigenvalue weighted by molar-refractivity contribution is 5.96. The number of carbonyl (C=O) groups excluding carboxylic acids is 2. The molecule has 2 amide bonds. The van der Waals surface area contributed by atoms with Crippen molar-refractivity contribution in [1.29, 1.82) is 0 Å². The van der Waals surface area contributed by atoms with Crippen LogP contribution in [0.5, 0.6) is 0 Å². The molecular formula is C20H19FN2O2. The van der Waals surface area contributed by atoms with E-state index < -0.39 is 0 Å². The number of halogens is 1. The molecule has 25 heavy (non-hydrogen) atoms. The van der Waals surface area contributed by atoms with Gasteiger partial charge in [-0.15, -0.1) is 0 Å². The van der Waals surface area contributed by atoms with Crippen LogP contribution < -0.4 is 5.32 Å². The van der Waals surface area contributed by atoms with Crippen molar-refractivity contribution in [3.05, 3.63) is 66.0 Å². The van der Waals surface area contributed by atoms with E-state index in [0.29, 0.717) is 24.3 Å². The standard InChI is InChI=1S/C20H19FN2O2/c21-15-7-4-8-16(11-15)22-18(24)17-12-20(17)9-10-23(13-20)19(25)14-5-2-1-3-6-14/h1-8,11,17H,9-10,12-13H2,(H,22,24)/t17-,20-/m0/s1. The molecule has 4 nitrogen and oxygen atoms in total. The van der Waals surface area contributed by atoms with E-state index in [2.05, 4.69) is 5.32 Å². The lowest BCUT2D eigenvalue weighted by Gasteiger charge is -2.16. The lowest BCUT2D eigenvalue weighted by Crippen LogP contribution is -2.29. The average Bonchev–Trinajstić information content (AvgIpc) is 3.16. The van der Waals surface area contributed by atoms with Crippen molar-refractivity contribution in [2.24, 2.45) is 11.3 Å². The Morgan fingerprint density at radius 3 is 2.68 bits per heavy atom. The predicted molar refractivity (Wildman–Crippen MR) is 92.5 cm³/mol. The van der Waals surface area contributed by atoms with Crippen LogP contribution >= 0.6 is 0 Å². The fourth-order valence-corrected chi connectivity index (χ4v) is 3.80. The lowest BCUT2D eigenvalue weighted by atomic mass is 10.0. The first kappa shape index (κ1) is 15.8. The van der Waals surface area contributed by atoms with Crippen LogP contribution in [-0.2, 0) is 4.79 Å². The molecule has 4 rings (SSSR count). The number of nitrogens with zero attached hydrogens (tertiary/aromatic N) is 1. The minimum Gasteiger partial charge on any atom is -0.338 e. The Balaban J connectivity index is 1.39. The summed E-state index contributed by atoms with van der Waals surface area (Å²) in [5.41, 5.74) is 1.05. The number of benzene rings is 2. The van der Waals surface area contributed by atoms with Gasteiger partial charge in [0, 0.05) is 35.7 Å². The minimum absolute atomic E-state index is 0.0219. The summed E-state index contributed by atoms with van der Waals surface area (Å²) in [5, 5.41) is 2.79. The van der Waals surface area contributed by atoms with E-state index >= 15 is 0 Å². The molecule has 0 unspecified atom stereocenters. The van der Waals surface area contributed by atoms with E-state index in [1.807, 2.05) is 35.2 Å². The SMILES string of the molecule is O=C(Nc1cccc(F)c1)[C@@H]1C[C@]12CCN(C(=O)c1ccccc1)C2. The van der Waals surface area contributed by atoms with Gasteiger partial charge in [-0.05, 0) is 43.2 Å². The van der Waals surface area contributed by atoms with Crippen molar-refractivity contribution in [3.8, 4) is 0 Å². The van der Waals surface area contributed by atoms with Gasteiger partial charge in [-0.25, -0.2) is 4.39 Å². The van der Waals surface area contributed by atoms with Crippen LogP contribution in [-0.4, -0.2) is 29.8 Å². The van der Waals surface area contributed by atoms with E-state index in [-0.39, 0.29) is 29.0 Å². The third kappa shape index (κ3) is 3.02. The summed E-state index contributed by atoms with van der Waals surface area (Å²) >= 11 is 0. The molecule has 0 aromatic heterocycles. The van der Waals surface area contributed by atoms with Gasteiger partial charge in [0.05, 0.1) is 0 Å². The van der Waals surface area contributed by atoms with Crippen LogP contribution in [0.3, 0.4) is 0 Å². The van der Waals surface area contributed by atoms with E-state index in [1.165, 1.54) is 12.1 Å². The topological polar surface area (TPSA) is 49.4 Å². The number of carbonyl (C=O) groups is 2. The second-order valence-corrected chi connectivity index (χ2v) is 6.96. The molecule has 1 aliphatic carbocycles. The van der Waals surface area contributed by atoms with Gasteiger partial charge >= 0.3 is 0 Å². The van der Waals surface area contributed by atoms with Gasteiger partial charge in [-0.1, -0.05) is 24.3 Å². The molecule has 2 fully saturated rings. The van der Waals surface area contributed by atoms with Crippen molar-refractivity contribution in [1.82, 2.24) is 4.90 Å². The second-order valence-electron chi connectivity index (χ2n) is 6.96. The normalized spacial score (nSPS) is 24.4. The molecule has 0 bridgehead atoms. The largest absolute Gasteiger partial charge is 0.338 e. The summed E-state index contributed by atoms with van der Waals surface area (Å²) in [6.45, 7) is 1.29. The van der Waals surface area contributed by atoms with Crippen molar-refractivity contribution >= 4 is 17.5 Å². The lowest BCUT2D eigenvalue weighted by molar-refractivity contribution is -0.118. The maximum Gasteiger partial charge on any atom is 0.253 e. The number of hydrogen-bond acceptors (Lipinski definition) is 2. The van der Waals surface area contributed by atoms with Gasteiger partial charge < -0.3 is 10.2 Å². The maximum atomic E-state index is 13.2. The van der Waals surface area contributed by atoms with Crippen molar-refractivity contribution in [2.75, 3.05) is 18.4 Å². The number of amides is 2. The summed E-state index contributed by atoms with van der Waals surface area (Å²) < 4.78 is 13.2. The quantitative estimate of drug-likeness (QED) is 0.933. The second kappa shape index (κ2) is 5.99. The van der Waals surface area contributed by atoms with E-state index in [1.54, 1.807) is 12.1 Å². The van der Waals surface area contributed by atoms with E-state index in [4.69, 9.17) is 0 Å². The van der Waals surface area contributed by atoms with E-state index in [9.17, 15) is 14.0 Å². The molecule has 128 valence electrons. The van der Waals surface area contributed by atoms with Crippen LogP contribution in [0.25, 0.3) is 0 Å². The van der Waals surface area contributed by atoms with Crippen LogP contribution in [0.1, 0.15) is 23.2 Å². The number of nitrogens with one attached hydrogen (secondary N) is 1. The van der Waals surface area contributed by atoms with E-state index in [0.717, 1.165) is 12.8 Å². The summed E-state index contributed by atoms with van der Waals surface area (Å²) in [5.74, 6) is -0.540. The minimum atomic E-state index is -0.371. The molecule has 2 atom stereocenters. The Kier molecular flexibility index (Phi) is 3.79. The van der Waals surface area contributed by atoms with Gasteiger partial charge in [0.25, 0.3) is 5.91 Å². The van der Waals surface area contributed by atoms with Gasteiger partial charge in [-0.3, -0.25) is 9.59 Å². The van der Waals surface area contributed by atoms with Gasteiger partial charge in [0.1, 0.15) is 5.82 Å². The van der Waals surface area contributed by atoms with Gasteiger partial charge in [0.2, 0.25) is 5.91 Å². The van der Waals surface area contributed by atoms with Gasteiger partial charge in [0.15, 0.2) is 0 Å². The fourth-order valence-electron chi connectivity index (χ4n) is 3.80. The third-order valence-corrected chi connectivity index (χ3v) is 5.29. The smallest absolute Gasteiger partial charge is 0.253 e. The van der Waals surface area contributed by atoms with Crippen LogP contribution in [0.4, 0.5) is 10.1 Å². The van der Waals surface area contributed by atoms with Crippen molar-refractivity contribution < 1.29 is 14.0 Å². The molecule has 1 spiro atoms. The zero-order valence-electron chi connectivity index (χ0n) is 13.7. The average molecular weight is 338 g/mol. The molecule has 1 heterocycles.